The quantitative estimate of drug-likeness (QED) is 0.638. The Morgan fingerprint density at radius 3 is 2.40 bits per heavy atom. The maximum Gasteiger partial charge on any atom is 0.261 e. The summed E-state index contributed by atoms with van der Waals surface area (Å²) in [7, 11) is 0. The predicted molar refractivity (Wildman–Crippen MR) is 106 cm³/mol. The summed E-state index contributed by atoms with van der Waals surface area (Å²) in [5.74, 6) is 2.57. The van der Waals surface area contributed by atoms with Crippen LogP contribution in [0.3, 0.4) is 0 Å². The zero-order valence-electron chi connectivity index (χ0n) is 15.0. The van der Waals surface area contributed by atoms with E-state index in [0.29, 0.717) is 13.0 Å². The molecule has 2 aromatic rings. The van der Waals surface area contributed by atoms with Crippen LogP contribution in [0.1, 0.15) is 31.4 Å². The molecule has 0 saturated carbocycles. The van der Waals surface area contributed by atoms with Crippen molar-refractivity contribution in [2.75, 3.05) is 12.3 Å². The van der Waals surface area contributed by atoms with Crippen LogP contribution < -0.4 is 10.1 Å². The molecule has 25 heavy (non-hydrogen) atoms. The average Bonchev–Trinajstić information content (AvgIpc) is 2.67. The molecule has 0 heterocycles. The molecule has 0 bridgehead atoms. The van der Waals surface area contributed by atoms with Gasteiger partial charge in [0.05, 0.1) is 0 Å². The van der Waals surface area contributed by atoms with E-state index in [9.17, 15) is 4.79 Å². The predicted octanol–water partition coefficient (Wildman–Crippen LogP) is 4.46. The van der Waals surface area contributed by atoms with Crippen LogP contribution in [-0.4, -0.2) is 24.3 Å². The maximum atomic E-state index is 12.3. The van der Waals surface area contributed by atoms with Gasteiger partial charge in [-0.15, -0.1) is 0 Å². The molecule has 0 unspecified atom stereocenters. The minimum Gasteiger partial charge on any atom is -0.481 e. The number of hydrogen-bond donors (Lipinski definition) is 1. The number of nitrogens with one attached hydrogen (secondary N) is 1. The Bertz CT molecular complexity index is 628. The van der Waals surface area contributed by atoms with Gasteiger partial charge in [0, 0.05) is 18.1 Å². The van der Waals surface area contributed by atoms with Gasteiger partial charge in [0.2, 0.25) is 0 Å². The third-order valence-electron chi connectivity index (χ3n) is 3.93. The zero-order valence-corrected chi connectivity index (χ0v) is 15.9. The third kappa shape index (κ3) is 6.83. The first-order valence-electron chi connectivity index (χ1n) is 8.88. The highest BCUT2D eigenvalue weighted by atomic mass is 32.2. The highest BCUT2D eigenvalue weighted by Gasteiger charge is 2.17. The van der Waals surface area contributed by atoms with Crippen LogP contribution in [0.4, 0.5) is 0 Å². The van der Waals surface area contributed by atoms with E-state index in [4.69, 9.17) is 4.74 Å². The van der Waals surface area contributed by atoms with Gasteiger partial charge in [0.15, 0.2) is 6.10 Å². The van der Waals surface area contributed by atoms with Crippen LogP contribution in [0.2, 0.25) is 0 Å². The lowest BCUT2D eigenvalue weighted by Crippen LogP contribution is -2.39. The Morgan fingerprint density at radius 1 is 1.04 bits per heavy atom. The van der Waals surface area contributed by atoms with Crippen molar-refractivity contribution in [3.05, 3.63) is 65.7 Å². The van der Waals surface area contributed by atoms with Crippen LogP contribution in [0.15, 0.2) is 54.6 Å². The van der Waals surface area contributed by atoms with Crippen molar-refractivity contribution >= 4 is 17.7 Å². The minimum absolute atomic E-state index is 0.0395. The summed E-state index contributed by atoms with van der Waals surface area (Å²) in [6, 6.07) is 18.3. The fourth-order valence-electron chi connectivity index (χ4n) is 2.41. The third-order valence-corrected chi connectivity index (χ3v) is 4.96. The summed E-state index contributed by atoms with van der Waals surface area (Å²) in [5.41, 5.74) is 2.57. The fourth-order valence-corrected chi connectivity index (χ4v) is 3.23. The van der Waals surface area contributed by atoms with Gasteiger partial charge in [0.25, 0.3) is 5.91 Å². The monoisotopic (exact) mass is 357 g/mol. The van der Waals surface area contributed by atoms with Crippen LogP contribution in [0.5, 0.6) is 5.75 Å². The average molecular weight is 358 g/mol. The Hall–Kier alpha value is -1.94. The molecule has 1 amide bonds. The van der Waals surface area contributed by atoms with Crippen LogP contribution in [0, 0.1) is 0 Å². The van der Waals surface area contributed by atoms with E-state index in [1.807, 2.05) is 61.2 Å². The summed E-state index contributed by atoms with van der Waals surface area (Å²) in [6.45, 7) is 4.74. The summed E-state index contributed by atoms with van der Waals surface area (Å²) < 4.78 is 5.83. The second-order valence-corrected chi connectivity index (χ2v) is 6.95. The van der Waals surface area contributed by atoms with E-state index >= 15 is 0 Å². The summed E-state index contributed by atoms with van der Waals surface area (Å²) >= 11 is 1.82. The van der Waals surface area contributed by atoms with Gasteiger partial charge in [0.1, 0.15) is 5.75 Å². The maximum absolute atomic E-state index is 12.3. The topological polar surface area (TPSA) is 38.3 Å². The summed E-state index contributed by atoms with van der Waals surface area (Å²) in [4.78, 5) is 12.3. The molecule has 0 aliphatic rings. The molecule has 0 spiro atoms. The van der Waals surface area contributed by atoms with Gasteiger partial charge in [-0.05, 0) is 36.1 Å². The first-order chi connectivity index (χ1) is 12.2. The molecule has 0 aliphatic carbocycles. The Balaban J connectivity index is 1.70. The Labute approximate surface area is 155 Å². The number of rotatable bonds is 10. The lowest BCUT2D eigenvalue weighted by molar-refractivity contribution is -0.127. The highest BCUT2D eigenvalue weighted by molar-refractivity contribution is 7.98. The lowest BCUT2D eigenvalue weighted by Gasteiger charge is -2.17. The van der Waals surface area contributed by atoms with Gasteiger partial charge < -0.3 is 10.1 Å². The van der Waals surface area contributed by atoms with Crippen molar-refractivity contribution in [1.82, 2.24) is 5.32 Å². The van der Waals surface area contributed by atoms with Crippen molar-refractivity contribution in [1.29, 1.82) is 0 Å². The number of carbonyl (C=O) groups is 1. The van der Waals surface area contributed by atoms with E-state index in [2.05, 4.69) is 24.4 Å². The first kappa shape index (κ1) is 19.4. The number of ether oxygens (including phenoxy) is 1. The highest BCUT2D eigenvalue weighted by Crippen LogP contribution is 2.15. The van der Waals surface area contributed by atoms with Crippen molar-refractivity contribution in [2.45, 2.75) is 38.5 Å². The minimum atomic E-state index is -0.438. The van der Waals surface area contributed by atoms with Crippen molar-refractivity contribution in [3.8, 4) is 5.75 Å². The molecule has 1 atom stereocenters. The van der Waals surface area contributed by atoms with Crippen molar-refractivity contribution < 1.29 is 9.53 Å². The molecule has 0 radical (unpaired) electrons. The largest absolute Gasteiger partial charge is 0.481 e. The molecule has 0 aliphatic heterocycles. The van der Waals surface area contributed by atoms with Crippen LogP contribution in [0.25, 0.3) is 0 Å². The SMILES string of the molecule is CCc1ccc(O[C@@H](CC)C(=O)NCCSCc2ccccc2)cc1. The molecule has 4 heteroatoms. The standard InChI is InChI=1S/C21H27NO2S/c1-3-17-10-12-19(13-11-17)24-20(4-2)21(23)22-14-15-25-16-18-8-6-5-7-9-18/h5-13,20H,3-4,14-16H2,1-2H3,(H,22,23)/t20-/m0/s1. The van der Waals surface area contributed by atoms with Gasteiger partial charge >= 0.3 is 0 Å². The van der Waals surface area contributed by atoms with E-state index in [0.717, 1.165) is 23.7 Å². The Morgan fingerprint density at radius 2 is 1.76 bits per heavy atom. The van der Waals surface area contributed by atoms with E-state index in [-0.39, 0.29) is 5.91 Å². The molecule has 3 nitrogen and oxygen atoms in total. The van der Waals surface area contributed by atoms with Gasteiger partial charge in [-0.1, -0.05) is 56.3 Å². The second-order valence-electron chi connectivity index (χ2n) is 5.84. The molecular weight excluding hydrogens is 330 g/mol. The molecule has 0 saturated heterocycles. The normalized spacial score (nSPS) is 11.8. The molecule has 1 N–H and O–H groups in total. The van der Waals surface area contributed by atoms with Gasteiger partial charge in [-0.25, -0.2) is 0 Å². The number of amides is 1. The number of aryl methyl sites for hydroxylation is 1. The molecule has 134 valence electrons. The van der Waals surface area contributed by atoms with E-state index in [1.54, 1.807) is 0 Å². The molecule has 0 aromatic heterocycles. The van der Waals surface area contributed by atoms with Gasteiger partial charge in [-0.2, -0.15) is 11.8 Å². The lowest BCUT2D eigenvalue weighted by atomic mass is 10.2. The number of hydrogen-bond acceptors (Lipinski definition) is 3. The van der Waals surface area contributed by atoms with Gasteiger partial charge in [-0.3, -0.25) is 4.79 Å². The molecule has 2 rings (SSSR count). The molecule has 0 fully saturated rings. The number of benzene rings is 2. The zero-order chi connectivity index (χ0) is 17.9. The van der Waals surface area contributed by atoms with Crippen LogP contribution >= 0.6 is 11.8 Å². The van der Waals surface area contributed by atoms with E-state index < -0.39 is 6.10 Å². The van der Waals surface area contributed by atoms with Crippen molar-refractivity contribution in [2.24, 2.45) is 0 Å². The first-order valence-corrected chi connectivity index (χ1v) is 10.0. The Kier molecular flexibility index (Phi) is 8.40. The summed E-state index contributed by atoms with van der Waals surface area (Å²) in [6.07, 6.45) is 1.21. The smallest absolute Gasteiger partial charge is 0.261 e. The molecular formula is C21H27NO2S. The number of carbonyl (C=O) groups excluding carboxylic acids is 1. The van der Waals surface area contributed by atoms with Crippen LogP contribution in [-0.2, 0) is 17.0 Å². The van der Waals surface area contributed by atoms with Crippen molar-refractivity contribution in [3.63, 3.8) is 0 Å². The summed E-state index contributed by atoms with van der Waals surface area (Å²) in [5, 5.41) is 2.98. The fraction of sp³-hybridized carbons (Fsp3) is 0.381. The molecule has 2 aromatic carbocycles. The number of thioether (sulfide) groups is 1. The van der Waals surface area contributed by atoms with E-state index in [1.165, 1.54) is 11.1 Å². The second kappa shape index (κ2) is 10.8.